The topological polar surface area (TPSA) is 23.5 Å². The van der Waals surface area contributed by atoms with Crippen LogP contribution in [0.2, 0.25) is 0 Å². The van der Waals surface area contributed by atoms with Gasteiger partial charge in [0.05, 0.1) is 6.10 Å². The number of nitrogens with zero attached hydrogens (tertiary/aromatic N) is 1. The molecule has 86 valence electrons. The maximum absolute atomic E-state index is 10.0. The number of hydrogen-bond acceptors (Lipinski definition) is 2. The number of aliphatic hydroxyl groups excluding tert-OH is 1. The second kappa shape index (κ2) is 4.19. The van der Waals surface area contributed by atoms with Gasteiger partial charge in [0.15, 0.2) is 0 Å². The molecule has 1 aliphatic carbocycles. The third-order valence-corrected chi connectivity index (χ3v) is 4.08. The van der Waals surface area contributed by atoms with E-state index in [2.05, 4.69) is 35.2 Å². The molecular formula is C14H19NO. The van der Waals surface area contributed by atoms with Crippen LogP contribution in [-0.2, 0) is 6.54 Å². The molecule has 0 unspecified atom stereocenters. The molecule has 0 spiro atoms. The van der Waals surface area contributed by atoms with Gasteiger partial charge >= 0.3 is 0 Å². The highest BCUT2D eigenvalue weighted by atomic mass is 16.3. The normalized spacial score (nSPS) is 34.2. The van der Waals surface area contributed by atoms with E-state index in [0.29, 0.717) is 6.04 Å². The molecule has 2 aliphatic heterocycles. The Balaban J connectivity index is 1.72. The smallest absolute Gasteiger partial charge is 0.0698 e. The van der Waals surface area contributed by atoms with E-state index in [1.165, 1.54) is 24.9 Å². The molecule has 2 saturated heterocycles. The zero-order chi connectivity index (χ0) is 11.0. The summed E-state index contributed by atoms with van der Waals surface area (Å²) in [6.45, 7) is 2.18. The quantitative estimate of drug-likeness (QED) is 0.819. The first-order chi connectivity index (χ1) is 7.83. The molecule has 2 heteroatoms. The van der Waals surface area contributed by atoms with Gasteiger partial charge in [-0.2, -0.15) is 0 Å². The first-order valence-electron chi connectivity index (χ1n) is 6.29. The number of benzene rings is 1. The summed E-state index contributed by atoms with van der Waals surface area (Å²) in [6.07, 6.45) is 3.43. The second-order valence-electron chi connectivity index (χ2n) is 5.23. The summed E-state index contributed by atoms with van der Waals surface area (Å²) in [5.74, 6) is 0.726. The molecule has 1 N–H and O–H groups in total. The average molecular weight is 217 g/mol. The van der Waals surface area contributed by atoms with Crippen molar-refractivity contribution in [2.75, 3.05) is 6.54 Å². The second-order valence-corrected chi connectivity index (χ2v) is 5.23. The number of rotatable bonds is 2. The molecule has 1 aromatic carbocycles. The minimum atomic E-state index is -0.0868. The van der Waals surface area contributed by atoms with Crippen LogP contribution in [0.5, 0.6) is 0 Å². The van der Waals surface area contributed by atoms with Gasteiger partial charge in [0, 0.05) is 19.1 Å². The predicted molar refractivity (Wildman–Crippen MR) is 64.0 cm³/mol. The van der Waals surface area contributed by atoms with Crippen molar-refractivity contribution in [3.63, 3.8) is 0 Å². The molecule has 2 nitrogen and oxygen atoms in total. The van der Waals surface area contributed by atoms with Crippen molar-refractivity contribution in [2.45, 2.75) is 38.0 Å². The summed E-state index contributed by atoms with van der Waals surface area (Å²) in [6, 6.07) is 11.0. The lowest BCUT2D eigenvalue weighted by atomic mass is 9.78. The number of aliphatic hydroxyl groups is 1. The Kier molecular flexibility index (Phi) is 2.70. The van der Waals surface area contributed by atoms with Crippen LogP contribution in [0.3, 0.4) is 0 Å². The fourth-order valence-electron chi connectivity index (χ4n) is 3.27. The zero-order valence-electron chi connectivity index (χ0n) is 9.55. The average Bonchev–Trinajstić information content (AvgIpc) is 2.30. The molecule has 1 aromatic rings. The van der Waals surface area contributed by atoms with Crippen molar-refractivity contribution in [2.24, 2.45) is 5.92 Å². The van der Waals surface area contributed by atoms with E-state index >= 15 is 0 Å². The van der Waals surface area contributed by atoms with Crippen molar-refractivity contribution >= 4 is 0 Å². The van der Waals surface area contributed by atoms with Crippen molar-refractivity contribution in [3.8, 4) is 0 Å². The molecule has 2 bridgehead atoms. The fraction of sp³-hybridized carbons (Fsp3) is 0.571. The first kappa shape index (κ1) is 10.3. The van der Waals surface area contributed by atoms with E-state index in [0.717, 1.165) is 18.9 Å². The van der Waals surface area contributed by atoms with Crippen LogP contribution >= 0.6 is 0 Å². The fourth-order valence-corrected chi connectivity index (χ4v) is 3.27. The highest BCUT2D eigenvalue weighted by molar-refractivity contribution is 5.15. The molecule has 0 aromatic heterocycles. The van der Waals surface area contributed by atoms with Gasteiger partial charge in [0.25, 0.3) is 0 Å². The van der Waals surface area contributed by atoms with Crippen molar-refractivity contribution in [3.05, 3.63) is 35.9 Å². The van der Waals surface area contributed by atoms with Gasteiger partial charge in [-0.25, -0.2) is 0 Å². The minimum Gasteiger partial charge on any atom is -0.391 e. The molecule has 0 radical (unpaired) electrons. The van der Waals surface area contributed by atoms with E-state index < -0.39 is 0 Å². The van der Waals surface area contributed by atoms with E-state index in [9.17, 15) is 5.11 Å². The van der Waals surface area contributed by atoms with E-state index in [1.54, 1.807) is 0 Å². The number of piperidine rings is 2. The lowest BCUT2D eigenvalue weighted by molar-refractivity contribution is -0.0582. The Morgan fingerprint density at radius 2 is 2.00 bits per heavy atom. The maximum Gasteiger partial charge on any atom is 0.0698 e. The first-order valence-corrected chi connectivity index (χ1v) is 6.29. The third kappa shape index (κ3) is 1.87. The highest BCUT2D eigenvalue weighted by Gasteiger charge is 2.39. The third-order valence-electron chi connectivity index (χ3n) is 4.08. The Hall–Kier alpha value is -0.860. The Morgan fingerprint density at radius 3 is 2.69 bits per heavy atom. The lowest BCUT2D eigenvalue weighted by Gasteiger charge is -2.48. The van der Waals surface area contributed by atoms with E-state index in [1.807, 2.05) is 0 Å². The van der Waals surface area contributed by atoms with Crippen LogP contribution in [-0.4, -0.2) is 28.7 Å². The van der Waals surface area contributed by atoms with Crippen LogP contribution in [0.15, 0.2) is 30.3 Å². The lowest BCUT2D eigenvalue weighted by Crippen LogP contribution is -2.55. The van der Waals surface area contributed by atoms with Crippen LogP contribution in [0.4, 0.5) is 0 Å². The van der Waals surface area contributed by atoms with Crippen LogP contribution < -0.4 is 0 Å². The summed E-state index contributed by atoms with van der Waals surface area (Å²) >= 11 is 0. The molecule has 4 rings (SSSR count). The highest BCUT2D eigenvalue weighted by Crippen LogP contribution is 2.35. The van der Waals surface area contributed by atoms with Gasteiger partial charge < -0.3 is 5.11 Å². The maximum atomic E-state index is 10.0. The number of hydrogen-bond donors (Lipinski definition) is 1. The summed E-state index contributed by atoms with van der Waals surface area (Å²) in [5.41, 5.74) is 1.36. The van der Waals surface area contributed by atoms with Crippen LogP contribution in [0.25, 0.3) is 0 Å². The molecule has 16 heavy (non-hydrogen) atoms. The van der Waals surface area contributed by atoms with Crippen LogP contribution in [0.1, 0.15) is 24.8 Å². The van der Waals surface area contributed by atoms with Gasteiger partial charge in [0.2, 0.25) is 0 Å². The van der Waals surface area contributed by atoms with E-state index in [4.69, 9.17) is 0 Å². The minimum absolute atomic E-state index is 0.0868. The molecule has 3 atom stereocenters. The summed E-state index contributed by atoms with van der Waals surface area (Å²) in [7, 11) is 0. The Morgan fingerprint density at radius 1 is 1.19 bits per heavy atom. The SMILES string of the molecule is O[C@H]1C[C@@H]2CC[C@H]1N(Cc1ccccc1)C2. The molecular weight excluding hydrogens is 198 g/mol. The van der Waals surface area contributed by atoms with Crippen molar-refractivity contribution in [1.29, 1.82) is 0 Å². The largest absolute Gasteiger partial charge is 0.391 e. The van der Waals surface area contributed by atoms with Gasteiger partial charge in [-0.1, -0.05) is 30.3 Å². The molecule has 1 saturated carbocycles. The zero-order valence-corrected chi connectivity index (χ0v) is 9.55. The van der Waals surface area contributed by atoms with Crippen LogP contribution in [0, 0.1) is 5.92 Å². The van der Waals surface area contributed by atoms with E-state index in [-0.39, 0.29) is 6.10 Å². The summed E-state index contributed by atoms with van der Waals surface area (Å²) < 4.78 is 0. The summed E-state index contributed by atoms with van der Waals surface area (Å²) in [5, 5.41) is 10.0. The van der Waals surface area contributed by atoms with Crippen molar-refractivity contribution in [1.82, 2.24) is 4.90 Å². The predicted octanol–water partition coefficient (Wildman–Crippen LogP) is 2.03. The summed E-state index contributed by atoms with van der Waals surface area (Å²) in [4.78, 5) is 2.47. The van der Waals surface area contributed by atoms with Gasteiger partial charge in [0.1, 0.15) is 0 Å². The molecule has 0 amide bonds. The monoisotopic (exact) mass is 217 g/mol. The molecule has 3 fully saturated rings. The Bertz CT molecular complexity index is 351. The van der Waals surface area contributed by atoms with Gasteiger partial charge in [-0.3, -0.25) is 4.90 Å². The molecule has 3 aliphatic rings. The Labute approximate surface area is 96.9 Å². The standard InChI is InChI=1S/C14H19NO/c16-14-8-12-6-7-13(14)15(10-12)9-11-4-2-1-3-5-11/h1-5,12-14,16H,6-10H2/t12-,13+,14-/m0/s1. The van der Waals surface area contributed by atoms with Gasteiger partial charge in [-0.05, 0) is 30.7 Å². The molecule has 2 heterocycles. The van der Waals surface area contributed by atoms with Gasteiger partial charge in [-0.15, -0.1) is 0 Å². The van der Waals surface area contributed by atoms with Crippen molar-refractivity contribution < 1.29 is 5.11 Å². The number of fused-ring (bicyclic) bond motifs is 3.